The van der Waals surface area contributed by atoms with Crippen LogP contribution >= 0.6 is 9.03 Å². The molecule has 1 rings (SSSR count). The maximum absolute atomic E-state index is 3.72. The first kappa shape index (κ1) is 6.29. The van der Waals surface area contributed by atoms with Gasteiger partial charge in [0.25, 0.3) is 0 Å². The van der Waals surface area contributed by atoms with Crippen LogP contribution in [-0.4, -0.2) is 27.2 Å². The zero-order valence-electron chi connectivity index (χ0n) is 4.70. The van der Waals surface area contributed by atoms with Crippen molar-refractivity contribution in [3.63, 3.8) is 0 Å². The molecule has 0 saturated carbocycles. The summed E-state index contributed by atoms with van der Waals surface area (Å²) in [7, 11) is 2.98. The minimum absolute atomic E-state index is 0.677. The van der Waals surface area contributed by atoms with Crippen molar-refractivity contribution in [3.8, 4) is 0 Å². The van der Waals surface area contributed by atoms with Gasteiger partial charge in [-0.2, -0.15) is 5.21 Å². The molecule has 0 fully saturated rings. The number of tetrazole rings is 1. The molecule has 0 amide bonds. The van der Waals surface area contributed by atoms with Crippen molar-refractivity contribution in [3.05, 3.63) is 5.82 Å². The molecule has 1 N–H and O–H groups in total. The lowest BCUT2D eigenvalue weighted by molar-refractivity contribution is 0.881. The van der Waals surface area contributed by atoms with E-state index in [1.165, 1.54) is 0 Å². The third-order valence-electron chi connectivity index (χ3n) is 0.836. The fraction of sp³-hybridized carbons (Fsp3) is 0.667. The Hall–Kier alpha value is -0.830. The van der Waals surface area contributed by atoms with Crippen LogP contribution in [-0.2, 0) is 6.42 Å². The van der Waals surface area contributed by atoms with E-state index >= 15 is 0 Å². The van der Waals surface area contributed by atoms with E-state index in [0.29, 0.717) is 12.4 Å². The predicted molar refractivity (Wildman–Crippen MR) is 33.5 cm³/mol. The van der Waals surface area contributed by atoms with E-state index in [0.717, 1.165) is 6.42 Å². The number of hydrogen-bond donors (Lipinski definition) is 1. The quantitative estimate of drug-likeness (QED) is 0.608. The van der Waals surface area contributed by atoms with Gasteiger partial charge in [0.05, 0.1) is 6.54 Å². The summed E-state index contributed by atoms with van der Waals surface area (Å²) in [5.74, 6) is 0.692. The molecule has 1 aromatic rings. The molecule has 0 radical (unpaired) electrons. The Morgan fingerprint density at radius 2 is 2.56 bits per heavy atom. The third-order valence-corrected chi connectivity index (χ3v) is 1.06. The van der Waals surface area contributed by atoms with Crippen molar-refractivity contribution >= 4 is 9.03 Å². The predicted octanol–water partition coefficient (Wildman–Crippen LogP) is 0.0686. The second kappa shape index (κ2) is 3.25. The average Bonchev–Trinajstić information content (AvgIpc) is 2.34. The van der Waals surface area contributed by atoms with Crippen LogP contribution in [0.25, 0.3) is 0 Å². The van der Waals surface area contributed by atoms with E-state index in [-0.39, 0.29) is 0 Å². The van der Waals surface area contributed by atoms with Gasteiger partial charge in [0.1, 0.15) is 0 Å². The maximum atomic E-state index is 3.72. The lowest BCUT2D eigenvalue weighted by atomic mass is 10.4. The number of rotatable bonds is 3. The molecule has 0 spiro atoms. The van der Waals surface area contributed by atoms with Crippen molar-refractivity contribution in [2.24, 2.45) is 4.74 Å². The molecule has 0 bridgehead atoms. The molecule has 1 heterocycles. The second-order valence-corrected chi connectivity index (χ2v) is 1.78. The topological polar surface area (TPSA) is 66.8 Å². The summed E-state index contributed by atoms with van der Waals surface area (Å²) in [4.78, 5) is 0. The van der Waals surface area contributed by atoms with Crippen molar-refractivity contribution in [1.82, 2.24) is 20.6 Å². The Labute approximate surface area is 54.2 Å². The Balaban J connectivity index is 2.38. The van der Waals surface area contributed by atoms with Gasteiger partial charge in [-0.25, -0.2) is 0 Å². The van der Waals surface area contributed by atoms with E-state index < -0.39 is 0 Å². The van der Waals surface area contributed by atoms with Gasteiger partial charge >= 0.3 is 0 Å². The first-order valence-electron chi connectivity index (χ1n) is 2.49. The highest BCUT2D eigenvalue weighted by molar-refractivity contribution is 7.03. The smallest absolute Gasteiger partial charge is 0.176 e. The number of nitrogens with zero attached hydrogens (tertiary/aromatic N) is 4. The summed E-state index contributed by atoms with van der Waals surface area (Å²) in [6.45, 7) is 0.677. The maximum Gasteiger partial charge on any atom is 0.176 e. The van der Waals surface area contributed by atoms with Crippen LogP contribution in [0.3, 0.4) is 0 Å². The lowest BCUT2D eigenvalue weighted by Crippen LogP contribution is -1.90. The summed E-state index contributed by atoms with van der Waals surface area (Å²) in [6, 6.07) is 0. The first-order chi connectivity index (χ1) is 4.43. The zero-order valence-corrected chi connectivity index (χ0v) is 5.70. The van der Waals surface area contributed by atoms with Crippen molar-refractivity contribution < 1.29 is 0 Å². The highest BCUT2D eigenvalue weighted by Gasteiger charge is 1.93. The number of aromatic nitrogens is 4. The van der Waals surface area contributed by atoms with Gasteiger partial charge in [0, 0.05) is 6.42 Å². The third kappa shape index (κ3) is 1.85. The van der Waals surface area contributed by atoms with Gasteiger partial charge in [-0.1, -0.05) is 5.21 Å². The molecular weight excluding hydrogens is 137 g/mol. The van der Waals surface area contributed by atoms with Crippen LogP contribution in [0.4, 0.5) is 0 Å². The normalized spacial score (nSPS) is 9.33. The first-order valence-corrected chi connectivity index (χ1v) is 2.94. The van der Waals surface area contributed by atoms with E-state index in [1.54, 1.807) is 0 Å². The largest absolute Gasteiger partial charge is 0.272 e. The molecule has 6 heteroatoms. The van der Waals surface area contributed by atoms with E-state index in [2.05, 4.69) is 34.4 Å². The molecule has 48 valence electrons. The van der Waals surface area contributed by atoms with Gasteiger partial charge in [0.15, 0.2) is 5.82 Å². The minimum Gasteiger partial charge on any atom is -0.272 e. The number of H-pyrrole nitrogens is 1. The molecule has 5 nitrogen and oxygen atoms in total. The van der Waals surface area contributed by atoms with Crippen LogP contribution in [0, 0.1) is 0 Å². The van der Waals surface area contributed by atoms with Crippen LogP contribution in [0.5, 0.6) is 0 Å². The summed E-state index contributed by atoms with van der Waals surface area (Å²) in [5.41, 5.74) is 0. The van der Waals surface area contributed by atoms with E-state index in [1.807, 2.05) is 0 Å². The van der Waals surface area contributed by atoms with Gasteiger partial charge in [-0.15, -0.1) is 10.2 Å². The molecule has 0 aliphatic heterocycles. The molecule has 0 aliphatic carbocycles. The Morgan fingerprint density at radius 3 is 3.11 bits per heavy atom. The van der Waals surface area contributed by atoms with Crippen molar-refractivity contribution in [2.45, 2.75) is 6.42 Å². The highest BCUT2D eigenvalue weighted by Crippen LogP contribution is 1.86. The minimum atomic E-state index is 0.677. The standard InChI is InChI=1S/C3H6N5P/c9-4-2-1-3-5-7-8-6-3/h9H,1-2H2,(H,5,6,7,8). The molecule has 1 aromatic heterocycles. The van der Waals surface area contributed by atoms with E-state index in [4.69, 9.17) is 0 Å². The molecule has 0 atom stereocenters. The molecule has 0 saturated heterocycles. The Bertz CT molecular complexity index is 170. The number of nitrogens with one attached hydrogen (secondary N) is 1. The summed E-state index contributed by atoms with van der Waals surface area (Å²) >= 11 is 0. The molecule has 0 aliphatic rings. The SMILES string of the molecule is P=NCCc1nn[nH]n1. The summed E-state index contributed by atoms with van der Waals surface area (Å²) < 4.78 is 3.69. The summed E-state index contributed by atoms with van der Waals surface area (Å²) in [6.07, 6.45) is 0.722. The average molecular weight is 143 g/mol. The highest BCUT2D eigenvalue weighted by atomic mass is 31.0. The van der Waals surface area contributed by atoms with Crippen LogP contribution in [0.15, 0.2) is 4.74 Å². The fourth-order valence-corrected chi connectivity index (χ4v) is 0.556. The fourth-order valence-electron chi connectivity index (χ4n) is 0.444. The van der Waals surface area contributed by atoms with E-state index in [9.17, 15) is 0 Å². The molecule has 9 heavy (non-hydrogen) atoms. The van der Waals surface area contributed by atoms with Gasteiger partial charge < -0.3 is 0 Å². The van der Waals surface area contributed by atoms with Crippen LogP contribution in [0.2, 0.25) is 0 Å². The Morgan fingerprint density at radius 1 is 1.67 bits per heavy atom. The van der Waals surface area contributed by atoms with Crippen LogP contribution < -0.4 is 0 Å². The zero-order chi connectivity index (χ0) is 6.53. The molecule has 0 unspecified atom stereocenters. The number of hydrogen-bond acceptors (Lipinski definition) is 4. The monoisotopic (exact) mass is 143 g/mol. The van der Waals surface area contributed by atoms with Gasteiger partial charge in [-0.05, 0) is 9.03 Å². The molecular formula is C3H6N5P. The van der Waals surface area contributed by atoms with Crippen molar-refractivity contribution in [1.29, 1.82) is 0 Å². The molecule has 0 aromatic carbocycles. The lowest BCUT2D eigenvalue weighted by Gasteiger charge is -1.82. The number of aromatic amines is 1. The van der Waals surface area contributed by atoms with Gasteiger partial charge in [0.2, 0.25) is 0 Å². The Kier molecular flexibility index (Phi) is 2.27. The van der Waals surface area contributed by atoms with Crippen molar-refractivity contribution in [2.75, 3.05) is 6.54 Å². The van der Waals surface area contributed by atoms with Gasteiger partial charge in [-0.3, -0.25) is 4.74 Å². The second-order valence-electron chi connectivity index (χ2n) is 1.46. The van der Waals surface area contributed by atoms with Crippen LogP contribution in [0.1, 0.15) is 5.82 Å². The summed E-state index contributed by atoms with van der Waals surface area (Å²) in [5, 5.41) is 13.2.